The van der Waals surface area contributed by atoms with E-state index in [0.717, 1.165) is 79.3 Å². The van der Waals surface area contributed by atoms with Gasteiger partial charge in [-0.25, -0.2) is 0 Å². The van der Waals surface area contributed by atoms with Gasteiger partial charge in [-0.2, -0.15) is 0 Å². The quantitative estimate of drug-likeness (QED) is 0.510. The summed E-state index contributed by atoms with van der Waals surface area (Å²) in [5, 5.41) is 9.31. The first-order valence-electron chi connectivity index (χ1n) is 11.4. The number of hydrogen-bond acceptors (Lipinski definition) is 4. The molecule has 0 N–H and O–H groups in total. The van der Waals surface area contributed by atoms with Crippen molar-refractivity contribution in [2.24, 2.45) is 0 Å². The number of nitrogens with zero attached hydrogens (tertiary/aromatic N) is 4. The fourth-order valence-electron chi connectivity index (χ4n) is 4.73. The molecule has 0 unspecified atom stereocenters. The maximum absolute atomic E-state index is 6.03. The Kier molecular flexibility index (Phi) is 6.10. The lowest BCUT2D eigenvalue weighted by molar-refractivity contribution is 0.208. The fraction of sp³-hybridized carbons (Fsp3) is 0.440. The number of benzene rings is 2. The Hall–Kier alpha value is -2.18. The van der Waals surface area contributed by atoms with Gasteiger partial charge in [0.25, 0.3) is 0 Å². The average molecular weight is 481 g/mol. The summed E-state index contributed by atoms with van der Waals surface area (Å²) in [6, 6.07) is 15.1. The van der Waals surface area contributed by atoms with Crippen LogP contribution >= 0.6 is 15.9 Å². The molecule has 5 rings (SSSR count). The van der Waals surface area contributed by atoms with Gasteiger partial charge in [-0.05, 0) is 74.2 Å². The molecule has 3 aromatic rings. The second-order valence-electron chi connectivity index (χ2n) is 8.56. The number of halogens is 1. The molecule has 5 nitrogen and oxygen atoms in total. The standard InChI is InChI=1S/C25H29BrN4O/c1-2-18-5-8-23-22(17-18)25-28-27-24(30(25)15-16-31-23)20-10-13-29(14-11-20)12-9-19-3-6-21(26)7-4-19/h3-8,17,20H,2,9-16H2,1H3. The van der Waals surface area contributed by atoms with Crippen LogP contribution in [0.1, 0.15) is 42.6 Å². The molecule has 0 atom stereocenters. The van der Waals surface area contributed by atoms with Crippen LogP contribution in [0.25, 0.3) is 11.4 Å². The molecule has 2 aromatic carbocycles. The Balaban J connectivity index is 1.26. The molecular weight excluding hydrogens is 452 g/mol. The van der Waals surface area contributed by atoms with Gasteiger partial charge < -0.3 is 14.2 Å². The lowest BCUT2D eigenvalue weighted by Gasteiger charge is -2.31. The minimum Gasteiger partial charge on any atom is -0.491 e. The zero-order chi connectivity index (χ0) is 21.2. The van der Waals surface area contributed by atoms with E-state index in [9.17, 15) is 0 Å². The average Bonchev–Trinajstić information content (AvgIpc) is 3.14. The van der Waals surface area contributed by atoms with Crippen LogP contribution < -0.4 is 4.74 Å². The van der Waals surface area contributed by atoms with Crippen molar-refractivity contribution >= 4 is 15.9 Å². The number of ether oxygens (including phenoxy) is 1. The Morgan fingerprint density at radius 2 is 1.77 bits per heavy atom. The number of aryl methyl sites for hydroxylation is 1. The van der Waals surface area contributed by atoms with Gasteiger partial charge in [0, 0.05) is 16.9 Å². The summed E-state index contributed by atoms with van der Waals surface area (Å²) >= 11 is 3.51. The van der Waals surface area contributed by atoms with Gasteiger partial charge in [0.2, 0.25) is 0 Å². The van der Waals surface area contributed by atoms with Crippen molar-refractivity contribution in [2.45, 2.75) is 45.1 Å². The molecule has 1 aromatic heterocycles. The largest absolute Gasteiger partial charge is 0.491 e. The van der Waals surface area contributed by atoms with Gasteiger partial charge in [-0.3, -0.25) is 0 Å². The molecule has 162 valence electrons. The topological polar surface area (TPSA) is 43.2 Å². The van der Waals surface area contributed by atoms with Crippen molar-refractivity contribution in [3.63, 3.8) is 0 Å². The highest BCUT2D eigenvalue weighted by molar-refractivity contribution is 9.10. The Labute approximate surface area is 192 Å². The fourth-order valence-corrected chi connectivity index (χ4v) is 5.00. The van der Waals surface area contributed by atoms with E-state index in [4.69, 9.17) is 4.74 Å². The van der Waals surface area contributed by atoms with Crippen molar-refractivity contribution in [2.75, 3.05) is 26.2 Å². The highest BCUT2D eigenvalue weighted by Crippen LogP contribution is 2.35. The Morgan fingerprint density at radius 1 is 1.00 bits per heavy atom. The van der Waals surface area contributed by atoms with E-state index in [-0.39, 0.29) is 0 Å². The molecule has 2 aliphatic heterocycles. The van der Waals surface area contributed by atoms with Crippen molar-refractivity contribution in [3.8, 4) is 17.1 Å². The first kappa shape index (κ1) is 20.7. The van der Waals surface area contributed by atoms with E-state index in [1.165, 1.54) is 11.1 Å². The minimum absolute atomic E-state index is 0.473. The molecule has 3 heterocycles. The molecule has 2 aliphatic rings. The summed E-state index contributed by atoms with van der Waals surface area (Å²) in [7, 11) is 0. The number of rotatable bonds is 5. The van der Waals surface area contributed by atoms with Crippen LogP contribution in [0.5, 0.6) is 5.75 Å². The third-order valence-corrected chi connectivity index (χ3v) is 7.16. The molecule has 0 bridgehead atoms. The molecule has 0 saturated carbocycles. The first-order valence-corrected chi connectivity index (χ1v) is 12.2. The minimum atomic E-state index is 0.473. The van der Waals surface area contributed by atoms with Gasteiger partial charge in [0.15, 0.2) is 5.82 Å². The van der Waals surface area contributed by atoms with Crippen molar-refractivity contribution in [1.29, 1.82) is 0 Å². The van der Waals surface area contributed by atoms with Crippen molar-refractivity contribution in [1.82, 2.24) is 19.7 Å². The molecule has 0 amide bonds. The molecular formula is C25H29BrN4O. The van der Waals surface area contributed by atoms with Crippen LogP contribution in [0.4, 0.5) is 0 Å². The molecule has 1 saturated heterocycles. The number of hydrogen-bond donors (Lipinski definition) is 0. The highest BCUT2D eigenvalue weighted by Gasteiger charge is 2.28. The van der Waals surface area contributed by atoms with Crippen LogP contribution in [0.15, 0.2) is 46.9 Å². The normalized spacial score (nSPS) is 17.0. The predicted octanol–water partition coefficient (Wildman–Crippen LogP) is 5.08. The van der Waals surface area contributed by atoms with Gasteiger partial charge >= 0.3 is 0 Å². The van der Waals surface area contributed by atoms with E-state index in [0.29, 0.717) is 12.5 Å². The molecule has 1 fully saturated rings. The Bertz CT molecular complexity index is 1040. The maximum Gasteiger partial charge on any atom is 0.167 e. The van der Waals surface area contributed by atoms with Crippen LogP contribution in [0.2, 0.25) is 0 Å². The number of aromatic nitrogens is 3. The van der Waals surface area contributed by atoms with Crippen LogP contribution in [-0.2, 0) is 19.4 Å². The van der Waals surface area contributed by atoms with Gasteiger partial charge in [-0.15, -0.1) is 10.2 Å². The van der Waals surface area contributed by atoms with Gasteiger partial charge in [0.1, 0.15) is 18.2 Å². The lowest BCUT2D eigenvalue weighted by atomic mass is 9.95. The van der Waals surface area contributed by atoms with Crippen LogP contribution in [0.3, 0.4) is 0 Å². The Morgan fingerprint density at radius 3 is 2.55 bits per heavy atom. The zero-order valence-corrected chi connectivity index (χ0v) is 19.6. The maximum atomic E-state index is 6.03. The van der Waals surface area contributed by atoms with Gasteiger partial charge in [-0.1, -0.05) is 41.1 Å². The third kappa shape index (κ3) is 4.41. The van der Waals surface area contributed by atoms with E-state index in [2.05, 4.69) is 85.0 Å². The SMILES string of the molecule is CCc1ccc2c(c1)-c1nnc(C3CCN(CCc4ccc(Br)cc4)CC3)n1CCO2. The predicted molar refractivity (Wildman–Crippen MR) is 127 cm³/mol. The second kappa shape index (κ2) is 9.13. The molecule has 0 aliphatic carbocycles. The molecule has 0 radical (unpaired) electrons. The summed E-state index contributed by atoms with van der Waals surface area (Å²) < 4.78 is 9.48. The summed E-state index contributed by atoms with van der Waals surface area (Å²) in [6.07, 6.45) is 4.39. The van der Waals surface area contributed by atoms with E-state index in [1.807, 2.05) is 0 Å². The van der Waals surface area contributed by atoms with Crippen LogP contribution in [-0.4, -0.2) is 45.9 Å². The molecule has 6 heteroatoms. The first-order chi connectivity index (χ1) is 15.2. The number of fused-ring (bicyclic) bond motifs is 3. The van der Waals surface area contributed by atoms with Crippen LogP contribution in [0, 0.1) is 0 Å². The monoisotopic (exact) mass is 480 g/mol. The molecule has 0 spiro atoms. The summed E-state index contributed by atoms with van der Waals surface area (Å²) in [5.41, 5.74) is 3.79. The number of piperidine rings is 1. The van der Waals surface area contributed by atoms with E-state index in [1.54, 1.807) is 0 Å². The summed E-state index contributed by atoms with van der Waals surface area (Å²) in [6.45, 7) is 7.03. The van der Waals surface area contributed by atoms with E-state index >= 15 is 0 Å². The van der Waals surface area contributed by atoms with E-state index < -0.39 is 0 Å². The second-order valence-corrected chi connectivity index (χ2v) is 9.47. The summed E-state index contributed by atoms with van der Waals surface area (Å²) in [5.74, 6) is 3.51. The smallest absolute Gasteiger partial charge is 0.167 e. The van der Waals surface area contributed by atoms with Gasteiger partial charge in [0.05, 0.1) is 12.1 Å². The highest BCUT2D eigenvalue weighted by atomic mass is 79.9. The number of likely N-dealkylation sites (tertiary alicyclic amines) is 1. The molecule has 31 heavy (non-hydrogen) atoms. The van der Waals surface area contributed by atoms with Crippen molar-refractivity contribution < 1.29 is 4.74 Å². The lowest BCUT2D eigenvalue weighted by Crippen LogP contribution is -2.35. The summed E-state index contributed by atoms with van der Waals surface area (Å²) in [4.78, 5) is 2.59. The van der Waals surface area contributed by atoms with Crippen molar-refractivity contribution in [3.05, 3.63) is 63.9 Å². The third-order valence-electron chi connectivity index (χ3n) is 6.63. The zero-order valence-electron chi connectivity index (χ0n) is 18.1.